The van der Waals surface area contributed by atoms with Gasteiger partial charge in [0.25, 0.3) is 0 Å². The standard InChI is InChI=1S/C11H13Br3N2/c1-7-2-3-16(6-10(7)14)11-9(13)4-8(12)5-15-11/h4-5,7,10H,2-3,6H2,1H3. The Morgan fingerprint density at radius 1 is 1.44 bits per heavy atom. The lowest BCUT2D eigenvalue weighted by Crippen LogP contribution is -2.40. The zero-order valence-corrected chi connectivity index (χ0v) is 13.7. The molecule has 1 aliphatic rings. The van der Waals surface area contributed by atoms with Crippen molar-refractivity contribution >= 4 is 53.6 Å². The van der Waals surface area contributed by atoms with Crippen molar-refractivity contribution in [3.8, 4) is 0 Å². The van der Waals surface area contributed by atoms with Crippen LogP contribution in [0.1, 0.15) is 13.3 Å². The second-order valence-electron chi connectivity index (χ2n) is 4.19. The molecule has 2 atom stereocenters. The molecule has 1 fully saturated rings. The second-order valence-corrected chi connectivity index (χ2v) is 7.13. The minimum Gasteiger partial charge on any atom is -0.355 e. The minimum absolute atomic E-state index is 0.554. The molecule has 0 aliphatic carbocycles. The van der Waals surface area contributed by atoms with Gasteiger partial charge >= 0.3 is 0 Å². The Balaban J connectivity index is 2.18. The van der Waals surface area contributed by atoms with E-state index in [9.17, 15) is 0 Å². The largest absolute Gasteiger partial charge is 0.355 e. The second kappa shape index (κ2) is 5.36. The number of hydrogen-bond donors (Lipinski definition) is 0. The van der Waals surface area contributed by atoms with Gasteiger partial charge in [0.05, 0.1) is 4.47 Å². The van der Waals surface area contributed by atoms with Crippen LogP contribution < -0.4 is 4.90 Å². The van der Waals surface area contributed by atoms with Gasteiger partial charge in [0.2, 0.25) is 0 Å². The van der Waals surface area contributed by atoms with E-state index in [1.54, 1.807) is 0 Å². The molecule has 1 aromatic heterocycles. The highest BCUT2D eigenvalue weighted by Crippen LogP contribution is 2.31. The van der Waals surface area contributed by atoms with Gasteiger partial charge in [0.1, 0.15) is 5.82 Å². The van der Waals surface area contributed by atoms with E-state index in [1.165, 1.54) is 6.42 Å². The molecular weight excluding hydrogens is 400 g/mol. The first kappa shape index (κ1) is 12.8. The Labute approximate surface area is 121 Å². The van der Waals surface area contributed by atoms with Gasteiger partial charge in [-0.2, -0.15) is 0 Å². The number of aromatic nitrogens is 1. The van der Waals surface area contributed by atoms with E-state index >= 15 is 0 Å². The Kier molecular flexibility index (Phi) is 4.30. The fourth-order valence-corrected chi connectivity index (χ4v) is 3.71. The van der Waals surface area contributed by atoms with E-state index < -0.39 is 0 Å². The van der Waals surface area contributed by atoms with Gasteiger partial charge < -0.3 is 4.90 Å². The molecule has 0 aromatic carbocycles. The van der Waals surface area contributed by atoms with Gasteiger partial charge in [0.15, 0.2) is 0 Å². The molecule has 2 unspecified atom stereocenters. The molecule has 0 amide bonds. The highest BCUT2D eigenvalue weighted by atomic mass is 79.9. The zero-order chi connectivity index (χ0) is 11.7. The monoisotopic (exact) mass is 410 g/mol. The lowest BCUT2D eigenvalue weighted by atomic mass is 9.99. The number of anilines is 1. The number of alkyl halides is 1. The topological polar surface area (TPSA) is 16.1 Å². The van der Waals surface area contributed by atoms with Gasteiger partial charge in [-0.25, -0.2) is 4.98 Å². The molecule has 0 N–H and O–H groups in total. The number of hydrogen-bond acceptors (Lipinski definition) is 2. The Bertz CT molecular complexity index is 383. The summed E-state index contributed by atoms with van der Waals surface area (Å²) < 4.78 is 2.06. The molecule has 0 bridgehead atoms. The molecular formula is C11H13Br3N2. The van der Waals surface area contributed by atoms with Crippen LogP contribution in [-0.4, -0.2) is 22.9 Å². The highest BCUT2D eigenvalue weighted by molar-refractivity contribution is 9.11. The zero-order valence-electron chi connectivity index (χ0n) is 8.96. The maximum Gasteiger partial charge on any atom is 0.142 e. The third-order valence-corrected chi connectivity index (χ3v) is 5.16. The van der Waals surface area contributed by atoms with Crippen molar-refractivity contribution in [2.45, 2.75) is 18.2 Å². The lowest BCUT2D eigenvalue weighted by molar-refractivity contribution is 0.454. The molecule has 0 saturated carbocycles. The lowest BCUT2D eigenvalue weighted by Gasteiger charge is -2.35. The van der Waals surface area contributed by atoms with Gasteiger partial charge in [0, 0.05) is 28.6 Å². The van der Waals surface area contributed by atoms with Gasteiger partial charge in [-0.1, -0.05) is 22.9 Å². The number of piperidine rings is 1. The normalized spacial score (nSPS) is 25.9. The summed E-state index contributed by atoms with van der Waals surface area (Å²) in [6.45, 7) is 4.39. The summed E-state index contributed by atoms with van der Waals surface area (Å²) in [5.41, 5.74) is 0. The first-order chi connectivity index (χ1) is 7.58. The van der Waals surface area contributed by atoms with E-state index in [0.29, 0.717) is 4.83 Å². The van der Waals surface area contributed by atoms with Crippen LogP contribution in [0.25, 0.3) is 0 Å². The van der Waals surface area contributed by atoms with Crippen molar-refractivity contribution in [2.24, 2.45) is 5.92 Å². The molecule has 16 heavy (non-hydrogen) atoms. The number of halogens is 3. The van der Waals surface area contributed by atoms with Crippen molar-refractivity contribution in [1.29, 1.82) is 0 Å². The van der Waals surface area contributed by atoms with Crippen LogP contribution in [0, 0.1) is 5.92 Å². The van der Waals surface area contributed by atoms with Crippen molar-refractivity contribution < 1.29 is 0 Å². The molecule has 2 nitrogen and oxygen atoms in total. The molecule has 5 heteroatoms. The van der Waals surface area contributed by atoms with E-state index in [1.807, 2.05) is 12.3 Å². The average molecular weight is 413 g/mol. The number of nitrogens with zero attached hydrogens (tertiary/aromatic N) is 2. The Morgan fingerprint density at radius 2 is 2.19 bits per heavy atom. The average Bonchev–Trinajstić information content (AvgIpc) is 2.22. The van der Waals surface area contributed by atoms with Gasteiger partial charge in [-0.05, 0) is 50.3 Å². The van der Waals surface area contributed by atoms with Crippen LogP contribution in [0.5, 0.6) is 0 Å². The predicted molar refractivity (Wildman–Crippen MR) is 78.3 cm³/mol. The van der Waals surface area contributed by atoms with Crippen molar-refractivity contribution in [1.82, 2.24) is 4.98 Å². The maximum absolute atomic E-state index is 4.47. The van der Waals surface area contributed by atoms with E-state index in [-0.39, 0.29) is 0 Å². The third kappa shape index (κ3) is 2.79. The van der Waals surface area contributed by atoms with Crippen LogP contribution in [0.2, 0.25) is 0 Å². The molecule has 1 aromatic rings. The van der Waals surface area contributed by atoms with Crippen LogP contribution in [0.3, 0.4) is 0 Å². The van der Waals surface area contributed by atoms with E-state index in [4.69, 9.17) is 0 Å². The van der Waals surface area contributed by atoms with Gasteiger partial charge in [-0.15, -0.1) is 0 Å². The fourth-order valence-electron chi connectivity index (χ4n) is 1.85. The minimum atomic E-state index is 0.554. The van der Waals surface area contributed by atoms with Crippen LogP contribution in [0.4, 0.5) is 5.82 Å². The number of pyridine rings is 1. The quantitative estimate of drug-likeness (QED) is 0.642. The van der Waals surface area contributed by atoms with Crippen LogP contribution in [0.15, 0.2) is 21.2 Å². The summed E-state index contributed by atoms with van der Waals surface area (Å²) in [5.74, 6) is 1.78. The Morgan fingerprint density at radius 3 is 2.81 bits per heavy atom. The molecule has 0 radical (unpaired) electrons. The summed E-state index contributed by atoms with van der Waals surface area (Å²) in [7, 11) is 0. The fraction of sp³-hybridized carbons (Fsp3) is 0.545. The summed E-state index contributed by atoms with van der Waals surface area (Å²) in [6, 6.07) is 2.05. The molecule has 1 aliphatic heterocycles. The summed E-state index contributed by atoms with van der Waals surface area (Å²) >= 11 is 10.7. The van der Waals surface area contributed by atoms with Crippen molar-refractivity contribution in [3.63, 3.8) is 0 Å². The smallest absolute Gasteiger partial charge is 0.142 e. The predicted octanol–water partition coefficient (Wildman–Crippen LogP) is 4.22. The first-order valence-electron chi connectivity index (χ1n) is 5.28. The summed E-state index contributed by atoms with van der Waals surface area (Å²) in [6.07, 6.45) is 3.06. The molecule has 0 spiro atoms. The van der Waals surface area contributed by atoms with Crippen LogP contribution >= 0.6 is 47.8 Å². The van der Waals surface area contributed by atoms with Gasteiger partial charge in [-0.3, -0.25) is 0 Å². The highest BCUT2D eigenvalue weighted by Gasteiger charge is 2.25. The SMILES string of the molecule is CC1CCN(c2ncc(Br)cc2Br)CC1Br. The van der Waals surface area contributed by atoms with Crippen LogP contribution in [-0.2, 0) is 0 Å². The molecule has 2 rings (SSSR count). The maximum atomic E-state index is 4.47. The molecule has 2 heterocycles. The first-order valence-corrected chi connectivity index (χ1v) is 7.78. The molecule has 1 saturated heterocycles. The van der Waals surface area contributed by atoms with E-state index in [2.05, 4.69) is 64.6 Å². The summed E-state index contributed by atoms with van der Waals surface area (Å²) in [5, 5.41) is 0. The Hall–Kier alpha value is 0.390. The molecule has 88 valence electrons. The summed E-state index contributed by atoms with van der Waals surface area (Å²) in [4.78, 5) is 7.36. The van der Waals surface area contributed by atoms with Crippen molar-refractivity contribution in [2.75, 3.05) is 18.0 Å². The van der Waals surface area contributed by atoms with E-state index in [0.717, 1.165) is 33.8 Å². The van der Waals surface area contributed by atoms with Crippen molar-refractivity contribution in [3.05, 3.63) is 21.2 Å². The number of rotatable bonds is 1. The third-order valence-electron chi connectivity index (χ3n) is 2.95.